The van der Waals surface area contributed by atoms with Gasteiger partial charge in [-0.25, -0.2) is 0 Å². The maximum Gasteiger partial charge on any atom is 0.182 e. The van der Waals surface area contributed by atoms with Gasteiger partial charge >= 0.3 is 0 Å². The van der Waals surface area contributed by atoms with Gasteiger partial charge in [-0.1, -0.05) is 11.3 Å². The van der Waals surface area contributed by atoms with Gasteiger partial charge in [0.25, 0.3) is 0 Å². The van der Waals surface area contributed by atoms with Gasteiger partial charge < -0.3 is 14.4 Å². The zero-order chi connectivity index (χ0) is 11.5. The fraction of sp³-hybridized carbons (Fsp3) is 0.364. The number of aliphatic hydroxyl groups is 1. The van der Waals surface area contributed by atoms with Crippen LogP contribution in [0.1, 0.15) is 6.92 Å². The van der Waals surface area contributed by atoms with Crippen LogP contribution in [0.5, 0.6) is 5.75 Å². The van der Waals surface area contributed by atoms with Gasteiger partial charge in [0.15, 0.2) is 4.80 Å². The van der Waals surface area contributed by atoms with E-state index in [0.29, 0.717) is 18.0 Å². The van der Waals surface area contributed by atoms with Crippen molar-refractivity contribution in [3.05, 3.63) is 23.0 Å². The number of nitrogens with one attached hydrogen (secondary N) is 1. The van der Waals surface area contributed by atoms with Crippen molar-refractivity contribution in [3.8, 4) is 5.75 Å². The molecule has 2 rings (SSSR count). The van der Waals surface area contributed by atoms with Gasteiger partial charge in [0, 0.05) is 6.54 Å². The molecule has 0 unspecified atom stereocenters. The number of benzene rings is 1. The second-order valence-corrected chi connectivity index (χ2v) is 4.38. The molecule has 0 spiro atoms. The van der Waals surface area contributed by atoms with Crippen molar-refractivity contribution in [2.45, 2.75) is 13.5 Å². The number of thiazole rings is 1. The Labute approximate surface area is 97.2 Å². The van der Waals surface area contributed by atoms with E-state index < -0.39 is 0 Å². The molecule has 0 bridgehead atoms. The maximum absolute atomic E-state index is 8.94. The van der Waals surface area contributed by atoms with E-state index in [0.717, 1.165) is 16.0 Å². The molecule has 0 saturated carbocycles. The predicted octanol–water partition coefficient (Wildman–Crippen LogP) is 1.57. The first-order valence-corrected chi connectivity index (χ1v) is 5.99. The zero-order valence-electron chi connectivity index (χ0n) is 9.06. The van der Waals surface area contributed by atoms with Crippen molar-refractivity contribution in [1.82, 2.24) is 4.57 Å². The molecular weight excluding hydrogens is 224 g/mol. The Morgan fingerprint density at radius 2 is 2.31 bits per heavy atom. The van der Waals surface area contributed by atoms with Crippen molar-refractivity contribution in [3.63, 3.8) is 0 Å². The highest BCUT2D eigenvalue weighted by Gasteiger charge is 2.05. The smallest absolute Gasteiger partial charge is 0.182 e. The molecule has 0 fully saturated rings. The van der Waals surface area contributed by atoms with Gasteiger partial charge in [-0.3, -0.25) is 5.41 Å². The Hall–Kier alpha value is -1.33. The first-order valence-electron chi connectivity index (χ1n) is 5.18. The number of aliphatic hydroxyl groups excluding tert-OH is 1. The van der Waals surface area contributed by atoms with E-state index in [1.165, 1.54) is 11.3 Å². The van der Waals surface area contributed by atoms with Crippen LogP contribution in [0, 0.1) is 5.41 Å². The van der Waals surface area contributed by atoms with Crippen LogP contribution in [-0.2, 0) is 6.54 Å². The SMILES string of the molecule is CCOc1ccc2c(c1)sc(=N)n2CCO. The predicted molar refractivity (Wildman–Crippen MR) is 63.9 cm³/mol. The number of fused-ring (bicyclic) bond motifs is 1. The van der Waals surface area contributed by atoms with Crippen molar-refractivity contribution < 1.29 is 9.84 Å². The third-order valence-corrected chi connectivity index (χ3v) is 3.27. The number of ether oxygens (including phenoxy) is 1. The van der Waals surface area contributed by atoms with E-state index in [-0.39, 0.29) is 6.61 Å². The Bertz CT molecular complexity index is 544. The lowest BCUT2D eigenvalue weighted by Crippen LogP contribution is -2.14. The van der Waals surface area contributed by atoms with Crippen LogP contribution < -0.4 is 9.54 Å². The summed E-state index contributed by atoms with van der Waals surface area (Å²) in [6.07, 6.45) is 0. The quantitative estimate of drug-likeness (QED) is 0.849. The molecule has 0 saturated heterocycles. The minimum Gasteiger partial charge on any atom is -0.494 e. The number of hydrogen-bond donors (Lipinski definition) is 2. The van der Waals surface area contributed by atoms with Crippen LogP contribution in [0.15, 0.2) is 18.2 Å². The molecule has 2 N–H and O–H groups in total. The van der Waals surface area contributed by atoms with Gasteiger partial charge in [-0.05, 0) is 25.1 Å². The summed E-state index contributed by atoms with van der Waals surface area (Å²) in [5.41, 5.74) is 0.979. The van der Waals surface area contributed by atoms with E-state index >= 15 is 0 Å². The number of hydrogen-bond acceptors (Lipinski definition) is 4. The molecule has 1 aromatic heterocycles. The molecule has 0 aliphatic heterocycles. The summed E-state index contributed by atoms with van der Waals surface area (Å²) < 4.78 is 8.23. The molecule has 16 heavy (non-hydrogen) atoms. The molecule has 0 amide bonds. The first kappa shape index (κ1) is 11.2. The number of rotatable bonds is 4. The topological polar surface area (TPSA) is 58.2 Å². The van der Waals surface area contributed by atoms with Gasteiger partial charge in [-0.2, -0.15) is 0 Å². The Morgan fingerprint density at radius 1 is 1.50 bits per heavy atom. The van der Waals surface area contributed by atoms with Gasteiger partial charge in [0.1, 0.15) is 5.75 Å². The van der Waals surface area contributed by atoms with Crippen LogP contribution in [0.25, 0.3) is 10.2 Å². The summed E-state index contributed by atoms with van der Waals surface area (Å²) in [5.74, 6) is 0.826. The highest BCUT2D eigenvalue weighted by molar-refractivity contribution is 7.16. The molecule has 5 heteroatoms. The lowest BCUT2D eigenvalue weighted by molar-refractivity contribution is 0.276. The third-order valence-electron chi connectivity index (χ3n) is 2.31. The minimum absolute atomic E-state index is 0.0512. The highest BCUT2D eigenvalue weighted by Crippen LogP contribution is 2.23. The van der Waals surface area contributed by atoms with Crippen molar-refractivity contribution in [2.75, 3.05) is 13.2 Å². The fourth-order valence-corrected chi connectivity index (χ4v) is 2.61. The summed E-state index contributed by atoms with van der Waals surface area (Å²) in [4.78, 5) is 0.456. The summed E-state index contributed by atoms with van der Waals surface area (Å²) in [6, 6.07) is 5.77. The summed E-state index contributed by atoms with van der Waals surface area (Å²) in [6.45, 7) is 3.10. The molecule has 0 atom stereocenters. The standard InChI is InChI=1S/C11H14N2O2S/c1-2-15-8-3-4-9-10(7-8)16-11(12)13(9)5-6-14/h3-4,7,12,14H,2,5-6H2,1H3. The molecular formula is C11H14N2O2S. The lowest BCUT2D eigenvalue weighted by Gasteiger charge is -2.04. The van der Waals surface area contributed by atoms with Gasteiger partial charge in [0.2, 0.25) is 0 Å². The normalized spacial score (nSPS) is 10.9. The van der Waals surface area contributed by atoms with Crippen LogP contribution in [-0.4, -0.2) is 22.9 Å². The number of aromatic nitrogens is 1. The summed E-state index contributed by atoms with van der Waals surface area (Å²) in [7, 11) is 0. The van der Waals surface area contributed by atoms with E-state index in [1.54, 1.807) is 4.57 Å². The van der Waals surface area contributed by atoms with Crippen molar-refractivity contribution in [2.24, 2.45) is 0 Å². The Balaban J connectivity index is 2.52. The van der Waals surface area contributed by atoms with Crippen molar-refractivity contribution in [1.29, 1.82) is 5.41 Å². The maximum atomic E-state index is 8.94. The average molecular weight is 238 g/mol. The lowest BCUT2D eigenvalue weighted by atomic mass is 10.3. The summed E-state index contributed by atoms with van der Waals surface area (Å²) in [5, 5.41) is 16.7. The first-order chi connectivity index (χ1) is 7.76. The van der Waals surface area contributed by atoms with E-state index in [4.69, 9.17) is 15.3 Å². The number of nitrogens with zero attached hydrogens (tertiary/aromatic N) is 1. The molecule has 86 valence electrons. The van der Waals surface area contributed by atoms with Crippen LogP contribution in [0.3, 0.4) is 0 Å². The Morgan fingerprint density at radius 3 is 3.00 bits per heavy atom. The molecule has 1 aromatic carbocycles. The van der Waals surface area contributed by atoms with Crippen LogP contribution in [0.2, 0.25) is 0 Å². The zero-order valence-corrected chi connectivity index (χ0v) is 9.88. The second-order valence-electron chi connectivity index (χ2n) is 3.35. The van der Waals surface area contributed by atoms with Gasteiger partial charge in [-0.15, -0.1) is 0 Å². The monoisotopic (exact) mass is 238 g/mol. The second kappa shape index (κ2) is 4.67. The van der Waals surface area contributed by atoms with Crippen molar-refractivity contribution >= 4 is 21.6 Å². The molecule has 0 aliphatic rings. The van der Waals surface area contributed by atoms with E-state index in [2.05, 4.69) is 0 Å². The molecule has 4 nitrogen and oxygen atoms in total. The average Bonchev–Trinajstić information content (AvgIpc) is 2.56. The highest BCUT2D eigenvalue weighted by atomic mass is 32.1. The Kier molecular flexibility index (Phi) is 3.26. The third kappa shape index (κ3) is 1.96. The largest absolute Gasteiger partial charge is 0.494 e. The summed E-state index contributed by atoms with van der Waals surface area (Å²) >= 11 is 1.40. The van der Waals surface area contributed by atoms with Gasteiger partial charge in [0.05, 0.1) is 23.4 Å². The minimum atomic E-state index is 0.0512. The van der Waals surface area contributed by atoms with Crippen LogP contribution in [0.4, 0.5) is 0 Å². The van der Waals surface area contributed by atoms with E-state index in [9.17, 15) is 0 Å². The molecule has 1 heterocycles. The van der Waals surface area contributed by atoms with E-state index in [1.807, 2.05) is 25.1 Å². The fourth-order valence-electron chi connectivity index (χ4n) is 1.65. The molecule has 0 radical (unpaired) electrons. The molecule has 2 aromatic rings. The molecule has 0 aliphatic carbocycles. The van der Waals surface area contributed by atoms with Crippen LogP contribution >= 0.6 is 11.3 Å².